The number of benzene rings is 3. The number of ether oxygens (including phenoxy) is 1. The van der Waals surface area contributed by atoms with Gasteiger partial charge in [-0.25, -0.2) is 4.79 Å². The Hall–Kier alpha value is -5.60. The summed E-state index contributed by atoms with van der Waals surface area (Å²) in [6.07, 6.45) is 1.46. The molecule has 14 heteroatoms. The number of aromatic carboxylic acids is 1. The number of hydrogen-bond donors (Lipinski definition) is 7. The minimum absolute atomic E-state index is 0.0513. The van der Waals surface area contributed by atoms with Crippen LogP contribution in [0.3, 0.4) is 0 Å². The number of nitrogens with two attached hydrogens (primary N) is 1. The standard InChI is InChI=1S/C18H28N4O3.C9H9NO3.C8H10O.C2H4O.C2H6.CH4O/c1-12(2)17(22-15(23)10-19)18(25)20-11-16(24)21-13(3)9-14-7-5-4-6-8-14;1-6(11)10-8-4-2-3-7(5-8)9(12)13;1-7-3-5-8(9-2)6-4-7;1-2-3;2*1-2/h4-8,12-13,17H,9-11,19H2,1-3H3,(H,20,25)(H,21,24)(H,22,23);2-5H,1H3,(H,10,11)(H,12,13);3-6H,1-2H3;2H,1H3;1-2H3;2H,1H3/t13-,17?;;;;;/m1...../s1. The van der Waals surface area contributed by atoms with Crippen molar-refractivity contribution in [1.82, 2.24) is 16.0 Å². The van der Waals surface area contributed by atoms with Gasteiger partial charge in [-0.1, -0.05) is 81.8 Å². The molecule has 0 saturated heterocycles. The number of hydrogen-bond acceptors (Lipinski definition) is 9. The van der Waals surface area contributed by atoms with Crippen molar-refractivity contribution in [1.29, 1.82) is 0 Å². The summed E-state index contributed by atoms with van der Waals surface area (Å²) in [4.78, 5) is 65.5. The molecule has 0 aliphatic rings. The van der Waals surface area contributed by atoms with Gasteiger partial charge in [0.25, 0.3) is 0 Å². The van der Waals surface area contributed by atoms with E-state index in [0.717, 1.165) is 24.7 Å². The van der Waals surface area contributed by atoms with Gasteiger partial charge in [0.2, 0.25) is 23.6 Å². The molecule has 3 aromatic carbocycles. The average molecular weight is 756 g/mol. The van der Waals surface area contributed by atoms with Crippen LogP contribution in [0.15, 0.2) is 78.9 Å². The fourth-order valence-electron chi connectivity index (χ4n) is 4.00. The van der Waals surface area contributed by atoms with E-state index in [1.807, 2.05) is 89.2 Å². The van der Waals surface area contributed by atoms with Crippen LogP contribution in [0.1, 0.15) is 70.0 Å². The third kappa shape index (κ3) is 27.1. The molecule has 0 aliphatic carbocycles. The number of carbonyl (C=O) groups is 6. The number of carboxylic acid groups (broad SMARTS) is 1. The molecular formula is C40H61N5O9. The molecule has 1 unspecified atom stereocenters. The lowest BCUT2D eigenvalue weighted by Crippen LogP contribution is -2.53. The summed E-state index contributed by atoms with van der Waals surface area (Å²) in [5, 5.41) is 26.1. The van der Waals surface area contributed by atoms with Crippen LogP contribution in [0, 0.1) is 12.8 Å². The Labute approximate surface area is 320 Å². The average Bonchev–Trinajstić information content (AvgIpc) is 3.15. The van der Waals surface area contributed by atoms with Gasteiger partial charge < -0.3 is 46.7 Å². The summed E-state index contributed by atoms with van der Waals surface area (Å²) in [7, 11) is 2.67. The lowest BCUT2D eigenvalue weighted by atomic mass is 10.0. The number of aliphatic hydroxyl groups excluding tert-OH is 1. The summed E-state index contributed by atoms with van der Waals surface area (Å²) in [5.74, 6) is -1.51. The molecule has 0 heterocycles. The van der Waals surface area contributed by atoms with Gasteiger partial charge in [0.1, 0.15) is 18.1 Å². The first-order valence-corrected chi connectivity index (χ1v) is 17.3. The molecule has 3 aromatic rings. The lowest BCUT2D eigenvalue weighted by Gasteiger charge is -2.21. The fraction of sp³-hybridized carbons (Fsp3) is 0.400. The van der Waals surface area contributed by atoms with E-state index in [1.165, 1.54) is 31.5 Å². The predicted octanol–water partition coefficient (Wildman–Crippen LogP) is 4.14. The Morgan fingerprint density at radius 2 is 1.41 bits per heavy atom. The SMILES string of the molecule is CC.CC(=O)Nc1cccc(C(=O)O)c1.CC(C)C(NC(=O)CN)C(=O)NCC(=O)N[C@H](C)Cc1ccccc1.CC=O.CO.COc1ccc(C)cc1. The molecule has 2 atom stereocenters. The number of rotatable bonds is 12. The highest BCUT2D eigenvalue weighted by molar-refractivity contribution is 5.93. The van der Waals surface area contributed by atoms with E-state index in [-0.39, 0.29) is 42.4 Å². The molecule has 4 amide bonds. The Morgan fingerprint density at radius 3 is 1.87 bits per heavy atom. The maximum absolute atomic E-state index is 12.2. The van der Waals surface area contributed by atoms with Crippen LogP contribution in [0.5, 0.6) is 5.75 Å². The first kappa shape index (κ1) is 52.8. The van der Waals surface area contributed by atoms with Gasteiger partial charge >= 0.3 is 5.97 Å². The van der Waals surface area contributed by atoms with Crippen LogP contribution >= 0.6 is 0 Å². The molecule has 300 valence electrons. The summed E-state index contributed by atoms with van der Waals surface area (Å²) in [6.45, 7) is 14.1. The number of anilines is 1. The van der Waals surface area contributed by atoms with Gasteiger partial charge in [-0.3, -0.25) is 19.2 Å². The number of carbonyl (C=O) groups excluding carboxylic acids is 5. The quantitative estimate of drug-likeness (QED) is 0.131. The smallest absolute Gasteiger partial charge is 0.335 e. The molecule has 0 aliphatic heterocycles. The third-order valence-electron chi connectivity index (χ3n) is 6.35. The molecule has 3 rings (SSSR count). The molecular weight excluding hydrogens is 694 g/mol. The molecule has 14 nitrogen and oxygen atoms in total. The van der Waals surface area contributed by atoms with Crippen molar-refractivity contribution in [3.05, 3.63) is 95.6 Å². The molecule has 0 saturated carbocycles. The zero-order chi connectivity index (χ0) is 42.1. The van der Waals surface area contributed by atoms with E-state index in [1.54, 1.807) is 19.2 Å². The van der Waals surface area contributed by atoms with Gasteiger partial charge in [0, 0.05) is 25.8 Å². The molecule has 54 heavy (non-hydrogen) atoms. The number of nitrogens with one attached hydrogen (secondary N) is 4. The van der Waals surface area contributed by atoms with E-state index in [0.29, 0.717) is 12.1 Å². The predicted molar refractivity (Wildman–Crippen MR) is 213 cm³/mol. The zero-order valence-electron chi connectivity index (χ0n) is 33.3. The minimum atomic E-state index is -1.01. The Morgan fingerprint density at radius 1 is 0.852 bits per heavy atom. The van der Waals surface area contributed by atoms with E-state index >= 15 is 0 Å². The maximum atomic E-state index is 12.2. The number of methoxy groups -OCH3 is 1. The summed E-state index contributed by atoms with van der Waals surface area (Å²) in [6, 6.07) is 23.1. The second-order valence-electron chi connectivity index (χ2n) is 11.2. The van der Waals surface area contributed by atoms with Crippen molar-refractivity contribution < 1.29 is 43.7 Å². The Bertz CT molecular complexity index is 1480. The van der Waals surface area contributed by atoms with Crippen molar-refractivity contribution in [2.24, 2.45) is 11.7 Å². The molecule has 8 N–H and O–H groups in total. The monoisotopic (exact) mass is 755 g/mol. The topological polar surface area (TPSA) is 226 Å². The molecule has 0 aromatic heterocycles. The number of carboxylic acids is 1. The van der Waals surface area contributed by atoms with Crippen molar-refractivity contribution in [2.45, 2.75) is 73.9 Å². The molecule has 0 fully saturated rings. The first-order chi connectivity index (χ1) is 25.7. The summed E-state index contributed by atoms with van der Waals surface area (Å²) < 4.78 is 4.97. The van der Waals surface area contributed by atoms with E-state index in [2.05, 4.69) is 28.2 Å². The molecule has 0 spiro atoms. The van der Waals surface area contributed by atoms with E-state index in [4.69, 9.17) is 25.5 Å². The number of aliphatic hydroxyl groups is 1. The lowest BCUT2D eigenvalue weighted by molar-refractivity contribution is -0.131. The second kappa shape index (κ2) is 33.3. The van der Waals surface area contributed by atoms with Gasteiger partial charge in [-0.05, 0) is 69.0 Å². The van der Waals surface area contributed by atoms with Crippen molar-refractivity contribution in [3.63, 3.8) is 0 Å². The highest BCUT2D eigenvalue weighted by atomic mass is 16.5. The molecule has 0 radical (unpaired) electrons. The van der Waals surface area contributed by atoms with E-state index < -0.39 is 23.8 Å². The summed E-state index contributed by atoms with van der Waals surface area (Å²) in [5.41, 5.74) is 8.29. The van der Waals surface area contributed by atoms with Crippen LogP contribution in [-0.4, -0.2) is 85.5 Å². The van der Waals surface area contributed by atoms with Crippen LogP contribution < -0.4 is 31.7 Å². The molecule has 0 bridgehead atoms. The number of aryl methyl sites for hydroxylation is 1. The zero-order valence-corrected chi connectivity index (χ0v) is 33.3. The van der Waals surface area contributed by atoms with Crippen LogP contribution in [0.25, 0.3) is 0 Å². The van der Waals surface area contributed by atoms with Gasteiger partial charge in [0.15, 0.2) is 0 Å². The third-order valence-corrected chi connectivity index (χ3v) is 6.35. The Kier molecular flexibility index (Phi) is 32.5. The highest BCUT2D eigenvalue weighted by Crippen LogP contribution is 2.11. The van der Waals surface area contributed by atoms with Crippen molar-refractivity contribution in [3.8, 4) is 5.75 Å². The highest BCUT2D eigenvalue weighted by Gasteiger charge is 2.24. The number of amides is 4. The van der Waals surface area contributed by atoms with Crippen LogP contribution in [-0.2, 0) is 30.4 Å². The fourth-order valence-corrected chi connectivity index (χ4v) is 4.00. The van der Waals surface area contributed by atoms with Gasteiger partial charge in [0.05, 0.1) is 25.8 Å². The van der Waals surface area contributed by atoms with E-state index in [9.17, 15) is 24.0 Å². The second-order valence-corrected chi connectivity index (χ2v) is 11.2. The largest absolute Gasteiger partial charge is 0.497 e. The van der Waals surface area contributed by atoms with Crippen LogP contribution in [0.2, 0.25) is 0 Å². The van der Waals surface area contributed by atoms with Crippen molar-refractivity contribution >= 4 is 41.6 Å². The first-order valence-electron chi connectivity index (χ1n) is 17.3. The van der Waals surface area contributed by atoms with Gasteiger partial charge in [-0.2, -0.15) is 0 Å². The number of aldehydes is 1. The normalized spacial score (nSPS) is 10.2. The van der Waals surface area contributed by atoms with Crippen LogP contribution in [0.4, 0.5) is 5.69 Å². The van der Waals surface area contributed by atoms with Gasteiger partial charge in [-0.15, -0.1) is 0 Å². The summed E-state index contributed by atoms with van der Waals surface area (Å²) >= 11 is 0. The minimum Gasteiger partial charge on any atom is -0.497 e. The van der Waals surface area contributed by atoms with Crippen molar-refractivity contribution in [2.75, 3.05) is 32.6 Å². The maximum Gasteiger partial charge on any atom is 0.335 e. The Balaban J connectivity index is -0.000000743.